The Morgan fingerprint density at radius 2 is 2.06 bits per heavy atom. The minimum absolute atomic E-state index is 0.293. The summed E-state index contributed by atoms with van der Waals surface area (Å²) in [5.41, 5.74) is 1.07. The molecule has 1 aliphatic heterocycles. The van der Waals surface area contributed by atoms with Crippen LogP contribution in [-0.4, -0.2) is 37.8 Å². The third-order valence-electron chi connectivity index (χ3n) is 3.39. The molecular weight excluding hydrogens is 258 g/mol. The average molecular weight is 275 g/mol. The first kappa shape index (κ1) is 13.7. The van der Waals surface area contributed by atoms with Crippen LogP contribution in [-0.2, 0) is 0 Å². The fraction of sp³-hybridized carbons (Fsp3) is 0.538. The van der Waals surface area contributed by atoms with Gasteiger partial charge in [0, 0.05) is 31.7 Å². The van der Waals surface area contributed by atoms with Crippen LogP contribution in [0.15, 0.2) is 12.1 Å². The summed E-state index contributed by atoms with van der Waals surface area (Å²) < 4.78 is 27.3. The molecule has 0 saturated carbocycles. The first-order valence-electron chi connectivity index (χ1n) is 6.10. The lowest BCUT2D eigenvalue weighted by Crippen LogP contribution is -2.46. The van der Waals surface area contributed by atoms with E-state index >= 15 is 0 Å². The Morgan fingerprint density at radius 3 is 2.67 bits per heavy atom. The number of nitrogens with zero attached hydrogens (tertiary/aromatic N) is 1. The molecule has 1 aromatic rings. The molecule has 0 radical (unpaired) electrons. The van der Waals surface area contributed by atoms with E-state index in [0.717, 1.165) is 18.7 Å². The van der Waals surface area contributed by atoms with Crippen LogP contribution < -0.4 is 5.32 Å². The molecule has 0 bridgehead atoms. The van der Waals surface area contributed by atoms with Crippen molar-refractivity contribution in [3.8, 4) is 0 Å². The topological polar surface area (TPSA) is 15.3 Å². The van der Waals surface area contributed by atoms with Gasteiger partial charge in [0.25, 0.3) is 0 Å². The maximum absolute atomic E-state index is 13.9. The molecule has 1 saturated heterocycles. The summed E-state index contributed by atoms with van der Waals surface area (Å²) in [6, 6.07) is 2.40. The molecule has 1 aromatic carbocycles. The van der Waals surface area contributed by atoms with Crippen molar-refractivity contribution in [3.05, 3.63) is 34.1 Å². The normalized spacial score (nSPS) is 18.9. The van der Waals surface area contributed by atoms with Crippen LogP contribution >= 0.6 is 11.6 Å². The molecule has 0 spiro atoms. The zero-order valence-electron chi connectivity index (χ0n) is 10.3. The summed E-state index contributed by atoms with van der Waals surface area (Å²) in [7, 11) is 0. The fourth-order valence-corrected chi connectivity index (χ4v) is 2.61. The number of piperazine rings is 1. The van der Waals surface area contributed by atoms with Crippen LogP contribution in [0.2, 0.25) is 5.02 Å². The van der Waals surface area contributed by atoms with Gasteiger partial charge in [0.15, 0.2) is 0 Å². The minimum Gasteiger partial charge on any atom is -0.314 e. The maximum atomic E-state index is 13.9. The van der Waals surface area contributed by atoms with Gasteiger partial charge in [-0.2, -0.15) is 0 Å². The van der Waals surface area contributed by atoms with Crippen molar-refractivity contribution < 1.29 is 8.78 Å². The van der Waals surface area contributed by atoms with Crippen molar-refractivity contribution in [2.75, 3.05) is 32.9 Å². The number of rotatable bonds is 3. The van der Waals surface area contributed by atoms with Crippen LogP contribution in [0.5, 0.6) is 0 Å². The van der Waals surface area contributed by atoms with Crippen LogP contribution in [0.4, 0.5) is 8.78 Å². The van der Waals surface area contributed by atoms with E-state index in [4.69, 9.17) is 11.6 Å². The highest BCUT2D eigenvalue weighted by Gasteiger charge is 2.27. The lowest BCUT2D eigenvalue weighted by Gasteiger charge is -2.34. The Morgan fingerprint density at radius 1 is 1.39 bits per heavy atom. The quantitative estimate of drug-likeness (QED) is 0.912. The van der Waals surface area contributed by atoms with Gasteiger partial charge in [-0.15, -0.1) is 0 Å². The Balaban J connectivity index is 2.34. The first-order valence-corrected chi connectivity index (χ1v) is 6.48. The van der Waals surface area contributed by atoms with Crippen LogP contribution in [0.25, 0.3) is 0 Å². The monoisotopic (exact) mass is 274 g/mol. The van der Waals surface area contributed by atoms with E-state index < -0.39 is 18.5 Å². The smallest absolute Gasteiger partial charge is 0.129 e. The van der Waals surface area contributed by atoms with Gasteiger partial charge in [-0.05, 0) is 18.6 Å². The summed E-state index contributed by atoms with van der Waals surface area (Å²) in [4.78, 5) is 1.94. The molecule has 2 rings (SSSR count). The number of benzene rings is 1. The van der Waals surface area contributed by atoms with E-state index in [0.29, 0.717) is 23.7 Å². The molecule has 0 amide bonds. The summed E-state index contributed by atoms with van der Waals surface area (Å²) in [6.07, 6.45) is 0. The third kappa shape index (κ3) is 2.66. The molecule has 18 heavy (non-hydrogen) atoms. The molecule has 1 N–H and O–H groups in total. The molecule has 1 aliphatic rings. The Labute approximate surface area is 111 Å². The average Bonchev–Trinajstić information content (AvgIpc) is 2.40. The van der Waals surface area contributed by atoms with Crippen LogP contribution in [0.1, 0.15) is 17.2 Å². The standard InChI is InChI=1S/C13H17ClF2N2/c1-9-2-3-10(16)12(13(9)14)11(8-15)18-6-4-17-5-7-18/h2-3,11,17H,4-8H2,1H3/t11-/m0/s1. The van der Waals surface area contributed by atoms with Gasteiger partial charge in [0.05, 0.1) is 11.1 Å². The second kappa shape index (κ2) is 5.95. The second-order valence-electron chi connectivity index (χ2n) is 4.55. The number of hydrogen-bond acceptors (Lipinski definition) is 2. The molecule has 5 heteroatoms. The minimum atomic E-state index is -0.625. The summed E-state index contributed by atoms with van der Waals surface area (Å²) >= 11 is 6.14. The Kier molecular flexibility index (Phi) is 4.54. The van der Waals surface area contributed by atoms with Crippen molar-refractivity contribution in [1.29, 1.82) is 0 Å². The van der Waals surface area contributed by atoms with E-state index in [1.165, 1.54) is 6.07 Å². The first-order chi connectivity index (χ1) is 8.65. The molecule has 0 aromatic heterocycles. The van der Waals surface area contributed by atoms with Crippen molar-refractivity contribution in [2.24, 2.45) is 0 Å². The van der Waals surface area contributed by atoms with Crippen LogP contribution in [0, 0.1) is 12.7 Å². The predicted molar refractivity (Wildman–Crippen MR) is 69.3 cm³/mol. The highest BCUT2D eigenvalue weighted by atomic mass is 35.5. The SMILES string of the molecule is Cc1ccc(F)c([C@H](CF)N2CCNCC2)c1Cl. The lowest BCUT2D eigenvalue weighted by atomic mass is 10.0. The van der Waals surface area contributed by atoms with Gasteiger partial charge in [-0.1, -0.05) is 17.7 Å². The van der Waals surface area contributed by atoms with Gasteiger partial charge in [0.2, 0.25) is 0 Å². The van der Waals surface area contributed by atoms with Crippen molar-refractivity contribution in [3.63, 3.8) is 0 Å². The van der Waals surface area contributed by atoms with E-state index in [2.05, 4.69) is 5.32 Å². The maximum Gasteiger partial charge on any atom is 0.129 e. The van der Waals surface area contributed by atoms with Crippen LogP contribution in [0.3, 0.4) is 0 Å². The number of aryl methyl sites for hydroxylation is 1. The predicted octanol–water partition coefficient (Wildman–Crippen LogP) is 2.70. The van der Waals surface area contributed by atoms with Crippen molar-refractivity contribution in [2.45, 2.75) is 13.0 Å². The zero-order chi connectivity index (χ0) is 13.1. The number of hydrogen-bond donors (Lipinski definition) is 1. The molecule has 1 atom stereocenters. The molecule has 100 valence electrons. The highest BCUT2D eigenvalue weighted by Crippen LogP contribution is 2.32. The van der Waals surface area contributed by atoms with E-state index in [9.17, 15) is 8.78 Å². The molecule has 0 aliphatic carbocycles. The lowest BCUT2D eigenvalue weighted by molar-refractivity contribution is 0.144. The third-order valence-corrected chi connectivity index (χ3v) is 3.89. The molecule has 1 heterocycles. The Hall–Kier alpha value is -0.710. The van der Waals surface area contributed by atoms with Crippen molar-refractivity contribution >= 4 is 11.6 Å². The molecule has 1 fully saturated rings. The number of alkyl halides is 1. The van der Waals surface area contributed by atoms with Gasteiger partial charge in [-0.25, -0.2) is 8.78 Å². The Bertz CT molecular complexity index is 420. The number of halogens is 3. The van der Waals surface area contributed by atoms with Gasteiger partial charge in [0.1, 0.15) is 12.5 Å². The highest BCUT2D eigenvalue weighted by molar-refractivity contribution is 6.32. The van der Waals surface area contributed by atoms with E-state index in [-0.39, 0.29) is 0 Å². The van der Waals surface area contributed by atoms with Gasteiger partial charge < -0.3 is 5.32 Å². The number of nitrogens with one attached hydrogen (secondary N) is 1. The summed E-state index contributed by atoms with van der Waals surface area (Å²) in [5, 5.41) is 3.54. The van der Waals surface area contributed by atoms with Crippen molar-refractivity contribution in [1.82, 2.24) is 10.2 Å². The zero-order valence-corrected chi connectivity index (χ0v) is 11.1. The van der Waals surface area contributed by atoms with E-state index in [1.807, 2.05) is 4.90 Å². The largest absolute Gasteiger partial charge is 0.314 e. The molecule has 0 unspecified atom stereocenters. The molecular formula is C13H17ClF2N2. The van der Waals surface area contributed by atoms with Gasteiger partial charge in [-0.3, -0.25) is 4.90 Å². The summed E-state index contributed by atoms with van der Waals surface area (Å²) in [5.74, 6) is -0.424. The van der Waals surface area contributed by atoms with E-state index in [1.54, 1.807) is 13.0 Å². The van der Waals surface area contributed by atoms with Gasteiger partial charge >= 0.3 is 0 Å². The second-order valence-corrected chi connectivity index (χ2v) is 4.93. The summed E-state index contributed by atoms with van der Waals surface area (Å²) in [6.45, 7) is 4.18. The fourth-order valence-electron chi connectivity index (χ4n) is 2.33. The molecule has 2 nitrogen and oxygen atoms in total.